The van der Waals surface area contributed by atoms with Crippen LogP contribution in [0.3, 0.4) is 0 Å². The highest BCUT2D eigenvalue weighted by molar-refractivity contribution is 5.80. The van der Waals surface area contributed by atoms with Gasteiger partial charge < -0.3 is 14.7 Å². The maximum Gasteiger partial charge on any atom is 0.209 e. The average Bonchev–Trinajstić information content (AvgIpc) is 3.39. The molecule has 1 aromatic heterocycles. The summed E-state index contributed by atoms with van der Waals surface area (Å²) in [6.07, 6.45) is 0. The summed E-state index contributed by atoms with van der Waals surface area (Å²) in [5, 5.41) is 0. The minimum Gasteiger partial charge on any atom is -0.311 e. The molecule has 0 bridgehead atoms. The van der Waals surface area contributed by atoms with Crippen molar-refractivity contribution >= 4 is 51.2 Å². The van der Waals surface area contributed by atoms with Crippen LogP contribution in [0.2, 0.25) is 0 Å². The van der Waals surface area contributed by atoms with Gasteiger partial charge in [0.05, 0.1) is 0 Å². The Balaban J connectivity index is 1.02. The van der Waals surface area contributed by atoms with Gasteiger partial charge in [-0.25, -0.2) is 15.0 Å². The van der Waals surface area contributed by atoms with Gasteiger partial charge >= 0.3 is 0 Å². The van der Waals surface area contributed by atoms with E-state index in [2.05, 4.69) is 233 Å². The summed E-state index contributed by atoms with van der Waals surface area (Å²) >= 11 is 0. The van der Waals surface area contributed by atoms with E-state index in [1.807, 2.05) is 48.5 Å². The van der Waals surface area contributed by atoms with E-state index in [-0.39, 0.29) is 0 Å². The molecule has 9 aromatic carbocycles. The van der Waals surface area contributed by atoms with Gasteiger partial charge in [-0.05, 0) is 152 Å². The quantitative estimate of drug-likeness (QED) is 0.121. The molecule has 0 amide bonds. The second-order valence-electron chi connectivity index (χ2n) is 15.2. The summed E-state index contributed by atoms with van der Waals surface area (Å²) < 4.78 is 0. The molecule has 0 saturated carbocycles. The van der Waals surface area contributed by atoms with E-state index in [1.54, 1.807) is 0 Å². The van der Waals surface area contributed by atoms with E-state index in [0.29, 0.717) is 17.5 Å². The summed E-state index contributed by atoms with van der Waals surface area (Å²) in [5.74, 6) is 8.09. The number of anilines is 9. The predicted octanol–water partition coefficient (Wildman–Crippen LogP) is 15.0. The Morgan fingerprint density at radius 1 is 0.231 bits per heavy atom. The Morgan fingerprint density at radius 3 is 0.754 bits per heavy atom. The number of rotatable bonds is 11. The highest BCUT2D eigenvalue weighted by atomic mass is 15.2. The Bertz CT molecular complexity index is 2890. The average molecular weight is 835 g/mol. The van der Waals surface area contributed by atoms with Crippen molar-refractivity contribution in [3.63, 3.8) is 0 Å². The van der Waals surface area contributed by atoms with Gasteiger partial charge in [0, 0.05) is 67.9 Å². The van der Waals surface area contributed by atoms with Crippen molar-refractivity contribution in [2.75, 3.05) is 14.7 Å². The molecule has 0 aliphatic rings. The third kappa shape index (κ3) is 9.12. The van der Waals surface area contributed by atoms with Crippen LogP contribution in [0.25, 0.3) is 22.8 Å². The lowest BCUT2D eigenvalue weighted by atomic mass is 10.1. The molecule has 1 heterocycles. The molecule has 0 spiro atoms. The minimum absolute atomic E-state index is 0.378. The van der Waals surface area contributed by atoms with Crippen molar-refractivity contribution in [1.82, 2.24) is 15.0 Å². The SMILES string of the molecule is C(#Cc1nc(-c2ccc(N(c3ccccc3)c3ccccc3)cc2)nc(-c2ccc(N(c3ccccc3)c3ccccc3)cc2)n1)c1ccc(N(c2ccccc2)c2ccccc2)cc1. The monoisotopic (exact) mass is 834 g/mol. The van der Waals surface area contributed by atoms with Crippen LogP contribution in [0, 0.1) is 11.8 Å². The fourth-order valence-corrected chi connectivity index (χ4v) is 7.84. The number of para-hydroxylation sites is 6. The van der Waals surface area contributed by atoms with Gasteiger partial charge in [-0.3, -0.25) is 0 Å². The van der Waals surface area contributed by atoms with Crippen molar-refractivity contribution in [3.8, 4) is 34.6 Å². The third-order valence-corrected chi connectivity index (χ3v) is 10.9. The first kappa shape index (κ1) is 40.0. The van der Waals surface area contributed by atoms with E-state index in [4.69, 9.17) is 15.0 Å². The van der Waals surface area contributed by atoms with Crippen molar-refractivity contribution in [1.29, 1.82) is 0 Å². The third-order valence-electron chi connectivity index (χ3n) is 10.9. The Hall–Kier alpha value is -9.05. The molecule has 0 radical (unpaired) electrons. The topological polar surface area (TPSA) is 48.4 Å². The van der Waals surface area contributed by atoms with Crippen LogP contribution >= 0.6 is 0 Å². The maximum absolute atomic E-state index is 5.08. The number of hydrogen-bond acceptors (Lipinski definition) is 6. The second kappa shape index (κ2) is 18.9. The first-order valence-corrected chi connectivity index (χ1v) is 21.5. The molecule has 0 N–H and O–H groups in total. The summed E-state index contributed by atoms with van der Waals surface area (Å²) in [6, 6.07) is 87.2. The van der Waals surface area contributed by atoms with E-state index >= 15 is 0 Å². The van der Waals surface area contributed by atoms with Gasteiger partial charge in [0.15, 0.2) is 11.6 Å². The van der Waals surface area contributed by atoms with Crippen LogP contribution in [-0.4, -0.2) is 15.0 Å². The number of benzene rings is 9. The van der Waals surface area contributed by atoms with E-state index in [9.17, 15) is 0 Å². The van der Waals surface area contributed by atoms with Crippen LogP contribution in [-0.2, 0) is 0 Å². The van der Waals surface area contributed by atoms with E-state index in [0.717, 1.165) is 67.9 Å². The molecule has 0 fully saturated rings. The lowest BCUT2D eigenvalue weighted by Crippen LogP contribution is -2.09. The zero-order chi connectivity index (χ0) is 43.6. The van der Waals surface area contributed by atoms with Crippen LogP contribution in [0.4, 0.5) is 51.2 Å². The standard InChI is InChI=1S/C59H42N6/c1-7-19-48(20-8-1)63(49-21-9-2-10-22-49)54-38-31-45(32-39-54)33-44-57-60-58(46-34-40-55(41-35-46)64(50-23-11-3-12-24-50)51-25-13-4-14-26-51)62-59(61-57)47-36-42-56(43-37-47)65(52-27-15-5-16-28-52)53-29-17-6-18-30-53/h1-32,34-43H. The Labute approximate surface area is 380 Å². The Kier molecular flexibility index (Phi) is 11.7. The molecule has 10 aromatic rings. The molecule has 6 nitrogen and oxygen atoms in total. The molecule has 0 atom stereocenters. The normalized spacial score (nSPS) is 10.6. The summed E-state index contributed by atoms with van der Waals surface area (Å²) in [4.78, 5) is 21.7. The molecular weight excluding hydrogens is 793 g/mol. The molecule has 0 aliphatic carbocycles. The van der Waals surface area contributed by atoms with Gasteiger partial charge in [-0.15, -0.1) is 0 Å². The van der Waals surface area contributed by atoms with Gasteiger partial charge in [0.25, 0.3) is 0 Å². The molecule has 0 aliphatic heterocycles. The summed E-state index contributed by atoms with van der Waals surface area (Å²) in [5.41, 5.74) is 12.0. The highest BCUT2D eigenvalue weighted by Gasteiger charge is 2.17. The largest absolute Gasteiger partial charge is 0.311 e. The van der Waals surface area contributed by atoms with Gasteiger partial charge in [0.2, 0.25) is 5.82 Å². The highest BCUT2D eigenvalue weighted by Crippen LogP contribution is 2.38. The fraction of sp³-hybridized carbons (Fsp3) is 0. The van der Waals surface area contributed by atoms with Crippen molar-refractivity contribution in [2.45, 2.75) is 0 Å². The maximum atomic E-state index is 5.08. The molecule has 10 rings (SSSR count). The van der Waals surface area contributed by atoms with Crippen LogP contribution in [0.1, 0.15) is 11.4 Å². The van der Waals surface area contributed by atoms with E-state index < -0.39 is 0 Å². The first-order valence-electron chi connectivity index (χ1n) is 21.5. The zero-order valence-electron chi connectivity index (χ0n) is 35.4. The first-order chi connectivity index (χ1) is 32.2. The summed E-state index contributed by atoms with van der Waals surface area (Å²) in [7, 11) is 0. The molecule has 65 heavy (non-hydrogen) atoms. The van der Waals surface area contributed by atoms with Crippen molar-refractivity contribution in [2.24, 2.45) is 0 Å². The van der Waals surface area contributed by atoms with Crippen molar-refractivity contribution in [3.05, 3.63) is 266 Å². The van der Waals surface area contributed by atoms with Gasteiger partial charge in [-0.2, -0.15) is 0 Å². The van der Waals surface area contributed by atoms with Gasteiger partial charge in [0.1, 0.15) is 0 Å². The minimum atomic E-state index is 0.378. The molecule has 0 unspecified atom stereocenters. The van der Waals surface area contributed by atoms with Crippen molar-refractivity contribution < 1.29 is 0 Å². The molecule has 0 saturated heterocycles. The van der Waals surface area contributed by atoms with Crippen LogP contribution in [0.5, 0.6) is 0 Å². The lowest BCUT2D eigenvalue weighted by Gasteiger charge is -2.25. The van der Waals surface area contributed by atoms with E-state index in [1.165, 1.54) is 0 Å². The number of hydrogen-bond donors (Lipinski definition) is 0. The second-order valence-corrected chi connectivity index (χ2v) is 15.2. The fourth-order valence-electron chi connectivity index (χ4n) is 7.84. The Morgan fingerprint density at radius 2 is 0.477 bits per heavy atom. The molecule has 308 valence electrons. The zero-order valence-corrected chi connectivity index (χ0v) is 35.4. The van der Waals surface area contributed by atoms with Crippen LogP contribution < -0.4 is 14.7 Å². The predicted molar refractivity (Wildman–Crippen MR) is 267 cm³/mol. The van der Waals surface area contributed by atoms with Gasteiger partial charge in [-0.1, -0.05) is 115 Å². The number of nitrogens with zero attached hydrogens (tertiary/aromatic N) is 6. The van der Waals surface area contributed by atoms with Crippen LogP contribution in [0.15, 0.2) is 255 Å². The lowest BCUT2D eigenvalue weighted by molar-refractivity contribution is 1.04. The molecular formula is C59H42N6. The summed E-state index contributed by atoms with van der Waals surface area (Å²) in [6.45, 7) is 0. The smallest absolute Gasteiger partial charge is 0.209 e. The number of aromatic nitrogens is 3. The molecule has 6 heteroatoms.